The SMILES string of the molecule is CCn1cc(C(=O)NC2CN(C)NC2=O)c(C2CCOCC2)n1. The molecule has 23 heavy (non-hydrogen) atoms. The molecule has 2 N–H and O–H groups in total. The topological polar surface area (TPSA) is 88.5 Å². The molecule has 8 heteroatoms. The van der Waals surface area contributed by atoms with Crippen LogP contribution in [0.25, 0.3) is 0 Å². The molecule has 2 fully saturated rings. The van der Waals surface area contributed by atoms with Gasteiger partial charge in [0.1, 0.15) is 6.04 Å². The summed E-state index contributed by atoms with van der Waals surface area (Å²) in [6.45, 7) is 4.54. The minimum absolute atomic E-state index is 0.184. The van der Waals surface area contributed by atoms with Gasteiger partial charge in [0, 0.05) is 45.5 Å². The van der Waals surface area contributed by atoms with E-state index in [2.05, 4.69) is 15.8 Å². The number of aryl methyl sites for hydroxylation is 1. The Hall–Kier alpha value is -1.93. The smallest absolute Gasteiger partial charge is 0.258 e. The van der Waals surface area contributed by atoms with Crippen LogP contribution in [0.2, 0.25) is 0 Å². The highest BCUT2D eigenvalue weighted by Crippen LogP contribution is 2.28. The van der Waals surface area contributed by atoms with Crippen LogP contribution in [-0.2, 0) is 16.1 Å². The highest BCUT2D eigenvalue weighted by molar-refractivity contribution is 5.98. The van der Waals surface area contributed by atoms with E-state index >= 15 is 0 Å². The van der Waals surface area contributed by atoms with Crippen LogP contribution < -0.4 is 10.7 Å². The van der Waals surface area contributed by atoms with E-state index in [4.69, 9.17) is 4.74 Å². The van der Waals surface area contributed by atoms with Gasteiger partial charge < -0.3 is 10.1 Å². The molecule has 2 aliphatic rings. The summed E-state index contributed by atoms with van der Waals surface area (Å²) in [5, 5.41) is 9.06. The van der Waals surface area contributed by atoms with Crippen molar-refractivity contribution >= 4 is 11.8 Å². The van der Waals surface area contributed by atoms with Gasteiger partial charge in [-0.05, 0) is 19.8 Å². The fraction of sp³-hybridized carbons (Fsp3) is 0.667. The van der Waals surface area contributed by atoms with Gasteiger partial charge in [-0.15, -0.1) is 0 Å². The van der Waals surface area contributed by atoms with E-state index in [-0.39, 0.29) is 17.7 Å². The molecule has 3 rings (SSSR count). The largest absolute Gasteiger partial charge is 0.381 e. The second-order valence-corrected chi connectivity index (χ2v) is 6.05. The van der Waals surface area contributed by atoms with Gasteiger partial charge in [-0.2, -0.15) is 5.10 Å². The molecular weight excluding hydrogens is 298 g/mol. The predicted octanol–water partition coefficient (Wildman–Crippen LogP) is -0.128. The number of carbonyl (C=O) groups is 2. The molecular formula is C15H23N5O3. The number of hydrogen-bond acceptors (Lipinski definition) is 5. The predicted molar refractivity (Wildman–Crippen MR) is 82.7 cm³/mol. The first-order valence-electron chi connectivity index (χ1n) is 8.06. The third kappa shape index (κ3) is 3.37. The van der Waals surface area contributed by atoms with E-state index in [1.165, 1.54) is 0 Å². The van der Waals surface area contributed by atoms with Crippen molar-refractivity contribution in [3.8, 4) is 0 Å². The molecule has 0 aromatic carbocycles. The third-order valence-corrected chi connectivity index (χ3v) is 4.35. The van der Waals surface area contributed by atoms with Crippen molar-refractivity contribution in [2.24, 2.45) is 0 Å². The average Bonchev–Trinajstić information content (AvgIpc) is 3.11. The Kier molecular flexibility index (Phi) is 4.63. The number of aromatic nitrogens is 2. The van der Waals surface area contributed by atoms with Crippen molar-refractivity contribution in [2.45, 2.75) is 38.3 Å². The van der Waals surface area contributed by atoms with Crippen molar-refractivity contribution in [1.29, 1.82) is 0 Å². The number of rotatable bonds is 4. The maximum Gasteiger partial charge on any atom is 0.258 e. The van der Waals surface area contributed by atoms with Crippen molar-refractivity contribution in [2.75, 3.05) is 26.8 Å². The van der Waals surface area contributed by atoms with E-state index in [0.29, 0.717) is 31.9 Å². The van der Waals surface area contributed by atoms with Crippen molar-refractivity contribution in [1.82, 2.24) is 25.5 Å². The number of ether oxygens (including phenoxy) is 1. The standard InChI is InChI=1S/C15H23N5O3/c1-3-20-8-11(13(17-20)10-4-6-23-7-5-10)14(21)16-12-9-19(2)18-15(12)22/h8,10,12H,3-7,9H2,1-2H3,(H,16,21)(H,18,22). The van der Waals surface area contributed by atoms with E-state index in [0.717, 1.165) is 18.5 Å². The molecule has 0 saturated carbocycles. The summed E-state index contributed by atoms with van der Waals surface area (Å²) in [5.74, 6) is -0.185. The highest BCUT2D eigenvalue weighted by atomic mass is 16.5. The Labute approximate surface area is 135 Å². The summed E-state index contributed by atoms with van der Waals surface area (Å²) in [6, 6.07) is -0.528. The first-order chi connectivity index (χ1) is 11.1. The number of amides is 2. The van der Waals surface area contributed by atoms with Crippen LogP contribution in [0.4, 0.5) is 0 Å². The molecule has 1 aromatic heterocycles. The summed E-state index contributed by atoms with van der Waals surface area (Å²) in [6.07, 6.45) is 3.51. The van der Waals surface area contributed by atoms with Crippen molar-refractivity contribution in [3.63, 3.8) is 0 Å². The molecule has 2 amide bonds. The Morgan fingerprint density at radius 2 is 2.22 bits per heavy atom. The van der Waals surface area contributed by atoms with Crippen LogP contribution in [0.5, 0.6) is 0 Å². The van der Waals surface area contributed by atoms with Crippen molar-refractivity contribution in [3.05, 3.63) is 17.5 Å². The zero-order valence-electron chi connectivity index (χ0n) is 13.5. The van der Waals surface area contributed by atoms with Gasteiger partial charge in [-0.25, -0.2) is 5.01 Å². The van der Waals surface area contributed by atoms with Crippen molar-refractivity contribution < 1.29 is 14.3 Å². The zero-order valence-corrected chi connectivity index (χ0v) is 13.5. The van der Waals surface area contributed by atoms with Crippen LogP contribution in [0.1, 0.15) is 41.7 Å². The molecule has 2 aliphatic heterocycles. The fourth-order valence-electron chi connectivity index (χ4n) is 3.06. The Morgan fingerprint density at radius 1 is 1.48 bits per heavy atom. The molecule has 1 unspecified atom stereocenters. The Balaban J connectivity index is 1.78. The summed E-state index contributed by atoms with van der Waals surface area (Å²) in [7, 11) is 1.77. The minimum atomic E-state index is -0.528. The molecule has 126 valence electrons. The molecule has 1 atom stereocenters. The van der Waals surface area contributed by atoms with E-state index < -0.39 is 6.04 Å². The van der Waals surface area contributed by atoms with E-state index in [1.807, 2.05) is 6.92 Å². The quantitative estimate of drug-likeness (QED) is 0.807. The highest BCUT2D eigenvalue weighted by Gasteiger charge is 2.32. The lowest BCUT2D eigenvalue weighted by Gasteiger charge is -2.21. The van der Waals surface area contributed by atoms with Crippen LogP contribution in [-0.4, -0.2) is 59.5 Å². The van der Waals surface area contributed by atoms with Gasteiger partial charge >= 0.3 is 0 Å². The molecule has 3 heterocycles. The maximum absolute atomic E-state index is 12.7. The van der Waals surface area contributed by atoms with Gasteiger partial charge in [-0.3, -0.25) is 19.7 Å². The molecule has 2 saturated heterocycles. The van der Waals surface area contributed by atoms with Gasteiger partial charge in [0.2, 0.25) is 0 Å². The second-order valence-electron chi connectivity index (χ2n) is 6.05. The number of hydrogen-bond donors (Lipinski definition) is 2. The Morgan fingerprint density at radius 3 is 2.83 bits per heavy atom. The monoisotopic (exact) mass is 321 g/mol. The summed E-state index contributed by atoms with van der Waals surface area (Å²) in [4.78, 5) is 24.4. The average molecular weight is 321 g/mol. The third-order valence-electron chi connectivity index (χ3n) is 4.35. The van der Waals surface area contributed by atoms with Crippen LogP contribution >= 0.6 is 0 Å². The lowest BCUT2D eigenvalue weighted by molar-refractivity contribution is -0.122. The van der Waals surface area contributed by atoms with Crippen LogP contribution in [0, 0.1) is 0 Å². The number of carbonyl (C=O) groups excluding carboxylic acids is 2. The summed E-state index contributed by atoms with van der Waals surface area (Å²) in [5.41, 5.74) is 4.05. The van der Waals surface area contributed by atoms with Crippen LogP contribution in [0.15, 0.2) is 6.20 Å². The first-order valence-corrected chi connectivity index (χ1v) is 8.06. The summed E-state index contributed by atoms with van der Waals surface area (Å²) < 4.78 is 7.17. The van der Waals surface area contributed by atoms with Gasteiger partial charge in [0.15, 0.2) is 0 Å². The molecule has 0 radical (unpaired) electrons. The molecule has 0 bridgehead atoms. The normalized spacial score (nSPS) is 23.0. The zero-order chi connectivity index (χ0) is 16.4. The number of nitrogens with one attached hydrogen (secondary N) is 2. The number of nitrogens with zero attached hydrogens (tertiary/aromatic N) is 3. The van der Waals surface area contributed by atoms with Gasteiger partial charge in [0.25, 0.3) is 11.8 Å². The molecule has 8 nitrogen and oxygen atoms in total. The first kappa shape index (κ1) is 15.9. The molecule has 1 aromatic rings. The van der Waals surface area contributed by atoms with Gasteiger partial charge in [0.05, 0.1) is 11.3 Å². The molecule has 0 aliphatic carbocycles. The fourth-order valence-corrected chi connectivity index (χ4v) is 3.06. The lowest BCUT2D eigenvalue weighted by atomic mass is 9.93. The van der Waals surface area contributed by atoms with E-state index in [1.54, 1.807) is 22.9 Å². The molecule has 0 spiro atoms. The maximum atomic E-state index is 12.7. The minimum Gasteiger partial charge on any atom is -0.381 e. The van der Waals surface area contributed by atoms with Crippen LogP contribution in [0.3, 0.4) is 0 Å². The van der Waals surface area contributed by atoms with Gasteiger partial charge in [-0.1, -0.05) is 0 Å². The lowest BCUT2D eigenvalue weighted by Crippen LogP contribution is -2.42. The Bertz CT molecular complexity index is 594. The van der Waals surface area contributed by atoms with E-state index in [9.17, 15) is 9.59 Å². The number of hydrazine groups is 1. The second kappa shape index (κ2) is 6.67. The summed E-state index contributed by atoms with van der Waals surface area (Å²) >= 11 is 0. The number of likely N-dealkylation sites (N-methyl/N-ethyl adjacent to an activating group) is 1.